The zero-order chi connectivity index (χ0) is 13.7. The Labute approximate surface area is 120 Å². The number of halogens is 1. The molecule has 0 unspecified atom stereocenters. The van der Waals surface area contributed by atoms with Crippen molar-refractivity contribution in [1.29, 1.82) is 0 Å². The van der Waals surface area contributed by atoms with Crippen molar-refractivity contribution in [2.45, 2.75) is 38.8 Å². The van der Waals surface area contributed by atoms with E-state index < -0.39 is 0 Å². The normalized spacial score (nSPS) is 17.8. The Morgan fingerprint density at radius 2 is 2.11 bits per heavy atom. The highest BCUT2D eigenvalue weighted by Gasteiger charge is 2.18. The first-order valence-corrected chi connectivity index (χ1v) is 7.50. The molecule has 19 heavy (non-hydrogen) atoms. The monoisotopic (exact) mass is 282 g/mol. The molecule has 4 heteroatoms. The van der Waals surface area contributed by atoms with Crippen LogP contribution in [0.15, 0.2) is 18.2 Å². The molecule has 1 aliphatic heterocycles. The number of aromatic hydroxyl groups is 1. The molecule has 2 rings (SSSR count). The number of likely N-dealkylation sites (tertiary alicyclic amines) is 1. The van der Waals surface area contributed by atoms with Crippen LogP contribution in [0.1, 0.15) is 31.7 Å². The molecule has 0 saturated carbocycles. The highest BCUT2D eigenvalue weighted by Crippen LogP contribution is 2.27. The Hall–Kier alpha value is -0.770. The lowest BCUT2D eigenvalue weighted by Gasteiger charge is -2.32. The number of hydrogen-bond acceptors (Lipinski definition) is 3. The fourth-order valence-corrected chi connectivity index (χ4v) is 2.83. The molecule has 106 valence electrons. The van der Waals surface area contributed by atoms with Crippen LogP contribution in [-0.2, 0) is 6.54 Å². The van der Waals surface area contributed by atoms with E-state index in [-0.39, 0.29) is 5.75 Å². The van der Waals surface area contributed by atoms with E-state index in [1.54, 1.807) is 6.07 Å². The molecule has 1 aromatic rings. The van der Waals surface area contributed by atoms with E-state index in [9.17, 15) is 5.11 Å². The summed E-state index contributed by atoms with van der Waals surface area (Å²) in [5, 5.41) is 13.8. The second kappa shape index (κ2) is 7.13. The van der Waals surface area contributed by atoms with Crippen LogP contribution in [0.5, 0.6) is 5.75 Å². The van der Waals surface area contributed by atoms with E-state index in [0.717, 1.165) is 5.56 Å². The first-order valence-electron chi connectivity index (χ1n) is 7.12. The van der Waals surface area contributed by atoms with E-state index in [4.69, 9.17) is 11.6 Å². The quantitative estimate of drug-likeness (QED) is 0.871. The predicted molar refractivity (Wildman–Crippen MR) is 79.7 cm³/mol. The van der Waals surface area contributed by atoms with Crippen molar-refractivity contribution in [3.05, 3.63) is 28.8 Å². The Kier molecular flexibility index (Phi) is 5.49. The van der Waals surface area contributed by atoms with Gasteiger partial charge in [0.2, 0.25) is 0 Å². The fraction of sp³-hybridized carbons (Fsp3) is 0.600. The first kappa shape index (κ1) is 14.6. The van der Waals surface area contributed by atoms with Crippen molar-refractivity contribution < 1.29 is 5.11 Å². The van der Waals surface area contributed by atoms with Gasteiger partial charge in [0.15, 0.2) is 0 Å². The predicted octanol–water partition coefficient (Wildman–Crippen LogP) is 3.01. The van der Waals surface area contributed by atoms with Gasteiger partial charge in [-0.2, -0.15) is 0 Å². The molecule has 0 aliphatic carbocycles. The molecule has 1 aromatic carbocycles. The Morgan fingerprint density at radius 3 is 2.79 bits per heavy atom. The molecule has 0 atom stereocenters. The van der Waals surface area contributed by atoms with Gasteiger partial charge in [-0.1, -0.05) is 30.7 Å². The van der Waals surface area contributed by atoms with Crippen LogP contribution in [0.2, 0.25) is 5.02 Å². The lowest BCUT2D eigenvalue weighted by atomic mass is 10.0. The van der Waals surface area contributed by atoms with E-state index in [1.165, 1.54) is 38.9 Å². The van der Waals surface area contributed by atoms with Gasteiger partial charge in [-0.25, -0.2) is 0 Å². The molecule has 0 radical (unpaired) electrons. The number of phenolic OH excluding ortho intramolecular Hbond substituents is 1. The molecule has 3 nitrogen and oxygen atoms in total. The van der Waals surface area contributed by atoms with Crippen molar-refractivity contribution in [3.63, 3.8) is 0 Å². The zero-order valence-electron chi connectivity index (χ0n) is 11.5. The summed E-state index contributed by atoms with van der Waals surface area (Å²) >= 11 is 5.90. The molecule has 0 amide bonds. The molecule has 1 aliphatic rings. The van der Waals surface area contributed by atoms with Gasteiger partial charge in [0.25, 0.3) is 0 Å². The molecule has 0 aromatic heterocycles. The summed E-state index contributed by atoms with van der Waals surface area (Å²) < 4.78 is 0. The maximum Gasteiger partial charge on any atom is 0.138 e. The van der Waals surface area contributed by atoms with E-state index in [1.807, 2.05) is 12.1 Å². The van der Waals surface area contributed by atoms with E-state index in [0.29, 0.717) is 17.6 Å². The van der Waals surface area contributed by atoms with Crippen LogP contribution < -0.4 is 5.32 Å². The van der Waals surface area contributed by atoms with Crippen molar-refractivity contribution >= 4 is 11.6 Å². The molecule has 0 bridgehead atoms. The van der Waals surface area contributed by atoms with Crippen molar-refractivity contribution in [2.24, 2.45) is 0 Å². The average Bonchev–Trinajstić information content (AvgIpc) is 2.42. The Bertz CT molecular complexity index is 403. The minimum absolute atomic E-state index is 0.208. The minimum atomic E-state index is 0.208. The number of nitrogens with zero attached hydrogens (tertiary/aromatic N) is 1. The number of benzene rings is 1. The van der Waals surface area contributed by atoms with Gasteiger partial charge >= 0.3 is 0 Å². The number of phenols is 1. The molecule has 0 spiro atoms. The largest absolute Gasteiger partial charge is 0.506 e. The van der Waals surface area contributed by atoms with Gasteiger partial charge < -0.3 is 15.3 Å². The van der Waals surface area contributed by atoms with Crippen molar-refractivity contribution in [2.75, 3.05) is 19.6 Å². The maximum absolute atomic E-state index is 9.86. The summed E-state index contributed by atoms with van der Waals surface area (Å²) in [6.45, 7) is 6.47. The molecule has 2 N–H and O–H groups in total. The average molecular weight is 283 g/mol. The summed E-state index contributed by atoms with van der Waals surface area (Å²) in [5.41, 5.74) is 0.878. The number of para-hydroxylation sites is 1. The summed E-state index contributed by atoms with van der Waals surface area (Å²) in [6, 6.07) is 6.05. The Balaban J connectivity index is 1.79. The van der Waals surface area contributed by atoms with Crippen LogP contribution in [-0.4, -0.2) is 35.7 Å². The summed E-state index contributed by atoms with van der Waals surface area (Å²) in [7, 11) is 0. The molecule has 1 saturated heterocycles. The molecule has 1 fully saturated rings. The summed E-state index contributed by atoms with van der Waals surface area (Å²) in [6.07, 6.45) is 3.59. The van der Waals surface area contributed by atoms with Crippen LogP contribution in [0, 0.1) is 0 Å². The first-order chi connectivity index (χ1) is 9.20. The van der Waals surface area contributed by atoms with Gasteiger partial charge in [-0.3, -0.25) is 0 Å². The third-order valence-electron chi connectivity index (χ3n) is 3.78. The number of rotatable bonds is 5. The molecular weight excluding hydrogens is 260 g/mol. The van der Waals surface area contributed by atoms with Gasteiger partial charge in [0.1, 0.15) is 5.75 Å². The topological polar surface area (TPSA) is 35.5 Å². The second-order valence-electron chi connectivity index (χ2n) is 5.24. The van der Waals surface area contributed by atoms with Crippen LogP contribution in [0.3, 0.4) is 0 Å². The van der Waals surface area contributed by atoms with Gasteiger partial charge in [-0.15, -0.1) is 0 Å². The third-order valence-corrected chi connectivity index (χ3v) is 4.08. The molecular formula is C15H23ClN2O. The van der Waals surface area contributed by atoms with Crippen LogP contribution >= 0.6 is 11.6 Å². The highest BCUT2D eigenvalue weighted by molar-refractivity contribution is 6.32. The second-order valence-corrected chi connectivity index (χ2v) is 5.65. The van der Waals surface area contributed by atoms with Gasteiger partial charge in [0, 0.05) is 18.2 Å². The summed E-state index contributed by atoms with van der Waals surface area (Å²) in [5.74, 6) is 0.208. The summed E-state index contributed by atoms with van der Waals surface area (Å²) in [4.78, 5) is 2.52. The molecule has 1 heterocycles. The van der Waals surface area contributed by atoms with Gasteiger partial charge in [0.05, 0.1) is 5.02 Å². The fourth-order valence-electron chi connectivity index (χ4n) is 2.63. The highest BCUT2D eigenvalue weighted by atomic mass is 35.5. The standard InChI is InChI=1S/C15H23ClN2O/c1-2-8-18-9-6-13(7-10-18)17-11-12-4-3-5-14(16)15(12)19/h3-5,13,17,19H,2,6-11H2,1H3. The van der Waals surface area contributed by atoms with E-state index in [2.05, 4.69) is 17.1 Å². The van der Waals surface area contributed by atoms with E-state index >= 15 is 0 Å². The van der Waals surface area contributed by atoms with Crippen molar-refractivity contribution in [3.8, 4) is 5.75 Å². The smallest absolute Gasteiger partial charge is 0.138 e. The van der Waals surface area contributed by atoms with Crippen molar-refractivity contribution in [1.82, 2.24) is 10.2 Å². The van der Waals surface area contributed by atoms with Gasteiger partial charge in [-0.05, 0) is 45.0 Å². The Morgan fingerprint density at radius 1 is 1.37 bits per heavy atom. The zero-order valence-corrected chi connectivity index (χ0v) is 12.3. The van der Waals surface area contributed by atoms with Crippen LogP contribution in [0.4, 0.5) is 0 Å². The number of hydrogen-bond donors (Lipinski definition) is 2. The lowest BCUT2D eigenvalue weighted by molar-refractivity contribution is 0.197. The third kappa shape index (κ3) is 4.10. The number of nitrogens with one attached hydrogen (secondary N) is 1. The SMILES string of the molecule is CCCN1CCC(NCc2cccc(Cl)c2O)CC1. The minimum Gasteiger partial charge on any atom is -0.506 e. The van der Waals surface area contributed by atoms with Crippen LogP contribution in [0.25, 0.3) is 0 Å². The number of piperidine rings is 1. The lowest BCUT2D eigenvalue weighted by Crippen LogP contribution is -2.42. The maximum atomic E-state index is 9.86.